The monoisotopic (exact) mass is 398 g/mol. The normalized spacial score (nSPS) is 16.2. The van der Waals surface area contributed by atoms with Gasteiger partial charge in [0.1, 0.15) is 11.8 Å². The summed E-state index contributed by atoms with van der Waals surface area (Å²) < 4.78 is 10.9. The molecule has 1 atom stereocenters. The van der Waals surface area contributed by atoms with Crippen LogP contribution in [-0.2, 0) is 0 Å². The molecule has 2 aromatic carbocycles. The van der Waals surface area contributed by atoms with E-state index in [1.165, 1.54) is 0 Å². The number of amides is 2. The van der Waals surface area contributed by atoms with Crippen molar-refractivity contribution >= 4 is 23.3 Å². The molecule has 7 nitrogen and oxygen atoms in total. The first-order valence-corrected chi connectivity index (χ1v) is 9.33. The summed E-state index contributed by atoms with van der Waals surface area (Å²) in [7, 11) is 1.60. The molecule has 1 fully saturated rings. The maximum absolute atomic E-state index is 12.7. The van der Waals surface area contributed by atoms with E-state index in [4.69, 9.17) is 20.9 Å². The standard InChI is InChI=1S/C20H19ClN4O3/c1-27-17-10-3-2-8-15(17)18-23-19(28-24-18)16-9-5-11-25(16)20(26)22-14-7-4-6-13(21)12-14/h2-4,6-8,10,12,16H,5,9,11H2,1H3,(H,22,26)/t16-/m0/s1. The van der Waals surface area contributed by atoms with Crippen molar-refractivity contribution in [3.05, 3.63) is 59.4 Å². The Labute approximate surface area is 167 Å². The number of likely N-dealkylation sites (tertiary alicyclic amines) is 1. The summed E-state index contributed by atoms with van der Waals surface area (Å²) in [6.45, 7) is 0.615. The molecule has 0 bridgehead atoms. The Kier molecular flexibility index (Phi) is 5.16. The summed E-state index contributed by atoms with van der Waals surface area (Å²) in [6, 6.07) is 14.0. The zero-order valence-corrected chi connectivity index (χ0v) is 16.0. The van der Waals surface area contributed by atoms with Crippen LogP contribution >= 0.6 is 11.6 Å². The number of para-hydroxylation sites is 1. The molecule has 0 spiro atoms. The molecule has 1 aliphatic rings. The Morgan fingerprint density at radius 2 is 2.14 bits per heavy atom. The first-order valence-electron chi connectivity index (χ1n) is 8.96. The van der Waals surface area contributed by atoms with E-state index in [-0.39, 0.29) is 12.1 Å². The van der Waals surface area contributed by atoms with E-state index in [2.05, 4.69) is 15.5 Å². The molecule has 1 aliphatic heterocycles. The van der Waals surface area contributed by atoms with Crippen LogP contribution in [0.4, 0.5) is 10.5 Å². The Morgan fingerprint density at radius 3 is 2.96 bits per heavy atom. The second-order valence-electron chi connectivity index (χ2n) is 6.45. The molecular weight excluding hydrogens is 380 g/mol. The van der Waals surface area contributed by atoms with Gasteiger partial charge in [0.05, 0.1) is 12.7 Å². The highest BCUT2D eigenvalue weighted by Gasteiger charge is 2.34. The number of hydrogen-bond acceptors (Lipinski definition) is 5. The Bertz CT molecular complexity index is 991. The number of carbonyl (C=O) groups is 1. The number of hydrogen-bond donors (Lipinski definition) is 1. The van der Waals surface area contributed by atoms with Crippen molar-refractivity contribution in [3.8, 4) is 17.1 Å². The first kappa shape index (κ1) is 18.3. The van der Waals surface area contributed by atoms with Crippen LogP contribution in [-0.4, -0.2) is 34.7 Å². The summed E-state index contributed by atoms with van der Waals surface area (Å²) in [5.41, 5.74) is 1.39. The zero-order valence-electron chi connectivity index (χ0n) is 15.3. The van der Waals surface area contributed by atoms with Gasteiger partial charge < -0.3 is 19.5 Å². The highest BCUT2D eigenvalue weighted by atomic mass is 35.5. The maximum Gasteiger partial charge on any atom is 0.322 e. The molecule has 0 unspecified atom stereocenters. The Hall–Kier alpha value is -3.06. The lowest BCUT2D eigenvalue weighted by atomic mass is 10.2. The number of benzene rings is 2. The third kappa shape index (κ3) is 3.66. The molecule has 3 aromatic rings. The van der Waals surface area contributed by atoms with E-state index in [0.29, 0.717) is 34.7 Å². The minimum Gasteiger partial charge on any atom is -0.496 e. The molecule has 144 valence electrons. The number of halogens is 1. The van der Waals surface area contributed by atoms with E-state index in [9.17, 15) is 4.79 Å². The largest absolute Gasteiger partial charge is 0.496 e. The van der Waals surface area contributed by atoms with Gasteiger partial charge in [-0.05, 0) is 43.2 Å². The number of nitrogens with one attached hydrogen (secondary N) is 1. The average molecular weight is 399 g/mol. The molecular formula is C20H19ClN4O3. The fourth-order valence-electron chi connectivity index (χ4n) is 3.34. The van der Waals surface area contributed by atoms with Crippen LogP contribution in [0.3, 0.4) is 0 Å². The van der Waals surface area contributed by atoms with Gasteiger partial charge in [-0.25, -0.2) is 4.79 Å². The van der Waals surface area contributed by atoms with E-state index in [0.717, 1.165) is 18.4 Å². The second kappa shape index (κ2) is 7.90. The molecule has 28 heavy (non-hydrogen) atoms. The summed E-state index contributed by atoms with van der Waals surface area (Å²) in [5.74, 6) is 1.52. The topological polar surface area (TPSA) is 80.5 Å². The van der Waals surface area contributed by atoms with Gasteiger partial charge in [0.15, 0.2) is 0 Å². The van der Waals surface area contributed by atoms with E-state index in [1.807, 2.05) is 24.3 Å². The van der Waals surface area contributed by atoms with Crippen molar-refractivity contribution in [1.82, 2.24) is 15.0 Å². The third-order valence-corrected chi connectivity index (χ3v) is 4.90. The summed E-state index contributed by atoms with van der Waals surface area (Å²) >= 11 is 5.99. The van der Waals surface area contributed by atoms with E-state index < -0.39 is 0 Å². The number of methoxy groups -OCH3 is 1. The lowest BCUT2D eigenvalue weighted by Gasteiger charge is -2.22. The van der Waals surface area contributed by atoms with Crippen molar-refractivity contribution in [1.29, 1.82) is 0 Å². The number of nitrogens with zero attached hydrogens (tertiary/aromatic N) is 3. The third-order valence-electron chi connectivity index (χ3n) is 4.66. The van der Waals surface area contributed by atoms with Gasteiger partial charge in [-0.15, -0.1) is 0 Å². The number of carbonyl (C=O) groups excluding carboxylic acids is 1. The number of rotatable bonds is 4. The van der Waals surface area contributed by atoms with Crippen LogP contribution in [0.2, 0.25) is 5.02 Å². The molecule has 2 amide bonds. The molecule has 1 aromatic heterocycles. The van der Waals surface area contributed by atoms with E-state index >= 15 is 0 Å². The van der Waals surface area contributed by atoms with Crippen LogP contribution in [0.1, 0.15) is 24.8 Å². The van der Waals surface area contributed by atoms with Gasteiger partial charge in [-0.3, -0.25) is 0 Å². The predicted octanol–water partition coefficient (Wildman–Crippen LogP) is 4.77. The lowest BCUT2D eigenvalue weighted by molar-refractivity contribution is 0.193. The highest BCUT2D eigenvalue weighted by Crippen LogP contribution is 2.34. The number of anilines is 1. The van der Waals surface area contributed by atoms with Crippen molar-refractivity contribution in [2.45, 2.75) is 18.9 Å². The summed E-state index contributed by atoms with van der Waals surface area (Å²) in [5, 5.41) is 7.52. The predicted molar refractivity (Wildman–Crippen MR) is 105 cm³/mol. The summed E-state index contributed by atoms with van der Waals surface area (Å²) in [4.78, 5) is 19.0. The molecule has 1 saturated heterocycles. The minimum absolute atomic E-state index is 0.221. The van der Waals surface area contributed by atoms with Gasteiger partial charge in [0.2, 0.25) is 11.7 Å². The quantitative estimate of drug-likeness (QED) is 0.684. The number of aromatic nitrogens is 2. The maximum atomic E-state index is 12.7. The van der Waals surface area contributed by atoms with Gasteiger partial charge in [-0.1, -0.05) is 35.0 Å². The van der Waals surface area contributed by atoms with Crippen LogP contribution in [0.15, 0.2) is 53.1 Å². The lowest BCUT2D eigenvalue weighted by Crippen LogP contribution is -2.34. The fraction of sp³-hybridized carbons (Fsp3) is 0.250. The minimum atomic E-state index is -0.268. The van der Waals surface area contributed by atoms with Gasteiger partial charge in [0, 0.05) is 17.3 Å². The molecule has 0 aliphatic carbocycles. The van der Waals surface area contributed by atoms with Crippen molar-refractivity contribution in [2.24, 2.45) is 0 Å². The molecule has 0 radical (unpaired) electrons. The second-order valence-corrected chi connectivity index (χ2v) is 6.88. The number of urea groups is 1. The number of ether oxygens (including phenoxy) is 1. The highest BCUT2D eigenvalue weighted by molar-refractivity contribution is 6.30. The van der Waals surface area contributed by atoms with Gasteiger partial charge >= 0.3 is 6.03 Å². The average Bonchev–Trinajstić information content (AvgIpc) is 3.37. The van der Waals surface area contributed by atoms with E-state index in [1.54, 1.807) is 36.3 Å². The molecule has 2 heterocycles. The van der Waals surface area contributed by atoms with Gasteiger partial charge in [0.25, 0.3) is 0 Å². The molecule has 4 rings (SSSR count). The SMILES string of the molecule is COc1ccccc1-c1noc([C@@H]2CCCN2C(=O)Nc2cccc(Cl)c2)n1. The van der Waals surface area contributed by atoms with Crippen LogP contribution in [0.5, 0.6) is 5.75 Å². The zero-order chi connectivity index (χ0) is 19.5. The van der Waals surface area contributed by atoms with Gasteiger partial charge in [-0.2, -0.15) is 4.98 Å². The van der Waals surface area contributed by atoms with Crippen molar-refractivity contribution in [3.63, 3.8) is 0 Å². The first-order chi connectivity index (χ1) is 13.7. The van der Waals surface area contributed by atoms with Crippen LogP contribution in [0.25, 0.3) is 11.4 Å². The smallest absolute Gasteiger partial charge is 0.322 e. The molecule has 1 N–H and O–H groups in total. The Morgan fingerprint density at radius 1 is 1.29 bits per heavy atom. The molecule has 0 saturated carbocycles. The molecule has 8 heteroatoms. The van der Waals surface area contributed by atoms with Crippen LogP contribution in [0, 0.1) is 0 Å². The Balaban J connectivity index is 1.54. The summed E-state index contributed by atoms with van der Waals surface area (Å²) in [6.07, 6.45) is 1.62. The van der Waals surface area contributed by atoms with Crippen molar-refractivity contribution < 1.29 is 14.1 Å². The fourth-order valence-corrected chi connectivity index (χ4v) is 3.53. The van der Waals surface area contributed by atoms with Crippen molar-refractivity contribution in [2.75, 3.05) is 19.0 Å². The van der Waals surface area contributed by atoms with Crippen LogP contribution < -0.4 is 10.1 Å².